The van der Waals surface area contributed by atoms with Gasteiger partial charge in [-0.2, -0.15) is 0 Å². The highest BCUT2D eigenvalue weighted by molar-refractivity contribution is 6.16. The van der Waals surface area contributed by atoms with Crippen LogP contribution in [-0.2, 0) is 9.53 Å². The number of ether oxygens (including phenoxy) is 1. The van der Waals surface area contributed by atoms with Crippen molar-refractivity contribution in [1.82, 2.24) is 0 Å². The van der Waals surface area contributed by atoms with Crippen molar-refractivity contribution in [3.8, 4) is 0 Å². The SMILES string of the molecule is CCOC(=O)CCCN1C/C(=C\c2ccccc2)C(=O)c2ccccc21. The van der Waals surface area contributed by atoms with Crippen LogP contribution >= 0.6 is 0 Å². The second-order valence-electron chi connectivity index (χ2n) is 6.26. The van der Waals surface area contributed by atoms with Crippen LogP contribution in [-0.4, -0.2) is 31.4 Å². The minimum atomic E-state index is -0.172. The molecule has 1 aliphatic rings. The lowest BCUT2D eigenvalue weighted by atomic mass is 9.94. The van der Waals surface area contributed by atoms with Gasteiger partial charge in [0, 0.05) is 36.3 Å². The Morgan fingerprint density at radius 3 is 2.62 bits per heavy atom. The molecule has 4 nitrogen and oxygen atoms in total. The first kappa shape index (κ1) is 17.9. The van der Waals surface area contributed by atoms with Crippen LogP contribution in [0, 0.1) is 0 Å². The van der Waals surface area contributed by atoms with E-state index in [2.05, 4.69) is 4.90 Å². The number of para-hydroxylation sites is 1. The van der Waals surface area contributed by atoms with E-state index in [1.165, 1.54) is 0 Å². The van der Waals surface area contributed by atoms with E-state index in [-0.39, 0.29) is 11.8 Å². The molecule has 0 bridgehead atoms. The second kappa shape index (κ2) is 8.48. The fraction of sp³-hybridized carbons (Fsp3) is 0.273. The van der Waals surface area contributed by atoms with Crippen molar-refractivity contribution in [1.29, 1.82) is 0 Å². The maximum Gasteiger partial charge on any atom is 0.305 e. The quantitative estimate of drug-likeness (QED) is 0.581. The highest BCUT2D eigenvalue weighted by atomic mass is 16.5. The van der Waals surface area contributed by atoms with E-state index in [4.69, 9.17) is 4.74 Å². The molecular formula is C22H23NO3. The van der Waals surface area contributed by atoms with Crippen molar-refractivity contribution in [2.75, 3.05) is 24.6 Å². The summed E-state index contributed by atoms with van der Waals surface area (Å²) in [6.07, 6.45) is 3.04. The first-order valence-corrected chi connectivity index (χ1v) is 8.99. The molecule has 134 valence electrons. The first-order chi connectivity index (χ1) is 12.7. The Labute approximate surface area is 154 Å². The molecular weight excluding hydrogens is 326 g/mol. The van der Waals surface area contributed by atoms with Gasteiger partial charge < -0.3 is 9.64 Å². The maximum atomic E-state index is 12.9. The lowest BCUT2D eigenvalue weighted by Crippen LogP contribution is -2.35. The molecule has 0 N–H and O–H groups in total. The molecule has 0 aliphatic carbocycles. The maximum absolute atomic E-state index is 12.9. The average Bonchev–Trinajstić information content (AvgIpc) is 2.66. The smallest absolute Gasteiger partial charge is 0.305 e. The van der Waals surface area contributed by atoms with Gasteiger partial charge in [-0.25, -0.2) is 0 Å². The molecule has 0 spiro atoms. The Hall–Kier alpha value is -2.88. The summed E-state index contributed by atoms with van der Waals surface area (Å²) in [5.74, 6) is -0.0972. The summed E-state index contributed by atoms with van der Waals surface area (Å²) in [4.78, 5) is 26.6. The zero-order valence-electron chi connectivity index (χ0n) is 15.0. The molecule has 2 aromatic rings. The van der Waals surface area contributed by atoms with E-state index in [0.29, 0.717) is 32.5 Å². The van der Waals surface area contributed by atoms with Crippen molar-refractivity contribution in [2.45, 2.75) is 19.8 Å². The van der Waals surface area contributed by atoms with E-state index in [1.807, 2.05) is 67.6 Å². The largest absolute Gasteiger partial charge is 0.466 e. The lowest BCUT2D eigenvalue weighted by Gasteiger charge is -2.32. The molecule has 0 unspecified atom stereocenters. The Bertz CT molecular complexity index is 811. The number of fused-ring (bicyclic) bond motifs is 1. The standard InChI is InChI=1S/C22H23NO3/c1-2-26-21(24)13-8-14-23-16-18(15-17-9-4-3-5-10-17)22(25)19-11-6-7-12-20(19)23/h3-7,9-12,15H,2,8,13-14,16H2,1H3/b18-15+. The van der Waals surface area contributed by atoms with Gasteiger partial charge in [0.15, 0.2) is 5.78 Å². The zero-order valence-corrected chi connectivity index (χ0v) is 15.0. The number of carbonyl (C=O) groups excluding carboxylic acids is 2. The van der Waals surface area contributed by atoms with Gasteiger partial charge in [0.25, 0.3) is 0 Å². The van der Waals surface area contributed by atoms with Gasteiger partial charge in [-0.1, -0.05) is 42.5 Å². The highest BCUT2D eigenvalue weighted by Gasteiger charge is 2.26. The molecule has 26 heavy (non-hydrogen) atoms. The Kier molecular flexibility index (Phi) is 5.84. The van der Waals surface area contributed by atoms with Crippen LogP contribution in [0.3, 0.4) is 0 Å². The molecule has 0 amide bonds. The fourth-order valence-corrected chi connectivity index (χ4v) is 3.19. The van der Waals surface area contributed by atoms with E-state index < -0.39 is 0 Å². The minimum absolute atomic E-state index is 0.0751. The summed E-state index contributed by atoms with van der Waals surface area (Å²) in [6.45, 7) is 3.47. The van der Waals surface area contributed by atoms with Crippen LogP contribution < -0.4 is 4.90 Å². The topological polar surface area (TPSA) is 46.6 Å². The van der Waals surface area contributed by atoms with Crippen molar-refractivity contribution in [2.24, 2.45) is 0 Å². The van der Waals surface area contributed by atoms with Crippen LogP contribution in [0.4, 0.5) is 5.69 Å². The van der Waals surface area contributed by atoms with E-state index in [0.717, 1.165) is 22.4 Å². The molecule has 0 saturated carbocycles. The number of hydrogen-bond acceptors (Lipinski definition) is 4. The van der Waals surface area contributed by atoms with Gasteiger partial charge in [-0.15, -0.1) is 0 Å². The first-order valence-electron chi connectivity index (χ1n) is 8.99. The van der Waals surface area contributed by atoms with Crippen LogP contribution in [0.15, 0.2) is 60.2 Å². The lowest BCUT2D eigenvalue weighted by molar-refractivity contribution is -0.143. The normalized spacial score (nSPS) is 15.0. The van der Waals surface area contributed by atoms with Gasteiger partial charge in [0.05, 0.1) is 6.61 Å². The molecule has 0 radical (unpaired) electrons. The van der Waals surface area contributed by atoms with E-state index in [1.54, 1.807) is 0 Å². The third-order valence-corrected chi connectivity index (χ3v) is 4.40. The molecule has 4 heteroatoms. The van der Waals surface area contributed by atoms with Crippen molar-refractivity contribution in [3.63, 3.8) is 0 Å². The number of ketones is 1. The summed E-state index contributed by atoms with van der Waals surface area (Å²) in [6, 6.07) is 17.5. The predicted molar refractivity (Wildman–Crippen MR) is 103 cm³/mol. The van der Waals surface area contributed by atoms with Gasteiger partial charge in [0.1, 0.15) is 0 Å². The Morgan fingerprint density at radius 2 is 1.85 bits per heavy atom. The molecule has 0 atom stereocenters. The minimum Gasteiger partial charge on any atom is -0.466 e. The summed E-state index contributed by atoms with van der Waals surface area (Å²) >= 11 is 0. The number of benzene rings is 2. The molecule has 2 aromatic carbocycles. The van der Waals surface area contributed by atoms with E-state index in [9.17, 15) is 9.59 Å². The fourth-order valence-electron chi connectivity index (χ4n) is 3.19. The van der Waals surface area contributed by atoms with Crippen LogP contribution in [0.5, 0.6) is 0 Å². The summed E-state index contributed by atoms with van der Waals surface area (Å²) in [5, 5.41) is 0. The van der Waals surface area contributed by atoms with Crippen LogP contribution in [0.2, 0.25) is 0 Å². The number of hydrogen-bond donors (Lipinski definition) is 0. The van der Waals surface area contributed by atoms with Gasteiger partial charge >= 0.3 is 5.97 Å². The van der Waals surface area contributed by atoms with Crippen molar-refractivity contribution >= 4 is 23.5 Å². The number of carbonyl (C=O) groups is 2. The number of nitrogens with zero attached hydrogens (tertiary/aromatic N) is 1. The third-order valence-electron chi connectivity index (χ3n) is 4.40. The molecule has 1 aliphatic heterocycles. The zero-order chi connectivity index (χ0) is 18.4. The Morgan fingerprint density at radius 1 is 1.12 bits per heavy atom. The van der Waals surface area contributed by atoms with Crippen molar-refractivity contribution in [3.05, 3.63) is 71.3 Å². The molecule has 1 heterocycles. The van der Waals surface area contributed by atoms with Gasteiger partial charge in [0.2, 0.25) is 0 Å². The molecule has 0 fully saturated rings. The third kappa shape index (κ3) is 4.20. The predicted octanol–water partition coefficient (Wildman–Crippen LogP) is 4.12. The second-order valence-corrected chi connectivity index (χ2v) is 6.26. The molecule has 0 aromatic heterocycles. The Balaban J connectivity index is 1.80. The van der Waals surface area contributed by atoms with Gasteiger partial charge in [-0.05, 0) is 37.1 Å². The van der Waals surface area contributed by atoms with Crippen molar-refractivity contribution < 1.29 is 14.3 Å². The molecule has 3 rings (SSSR count). The summed E-state index contributed by atoms with van der Waals surface area (Å²) in [5.41, 5.74) is 3.44. The van der Waals surface area contributed by atoms with E-state index >= 15 is 0 Å². The average molecular weight is 349 g/mol. The number of rotatable bonds is 6. The number of esters is 1. The van der Waals surface area contributed by atoms with Crippen LogP contribution in [0.1, 0.15) is 35.7 Å². The monoisotopic (exact) mass is 349 g/mol. The summed E-state index contributed by atoms with van der Waals surface area (Å²) < 4.78 is 4.99. The number of anilines is 1. The van der Waals surface area contributed by atoms with Crippen LogP contribution in [0.25, 0.3) is 6.08 Å². The van der Waals surface area contributed by atoms with Gasteiger partial charge in [-0.3, -0.25) is 9.59 Å². The molecule has 0 saturated heterocycles. The summed E-state index contributed by atoms with van der Waals surface area (Å²) in [7, 11) is 0. The number of Topliss-reactive ketones (excluding diaryl/α,β-unsaturated/α-hetero) is 1. The highest BCUT2D eigenvalue weighted by Crippen LogP contribution is 2.30.